The summed E-state index contributed by atoms with van der Waals surface area (Å²) in [4.78, 5) is 22.4. The van der Waals surface area contributed by atoms with E-state index in [9.17, 15) is 4.79 Å². The number of carbonyl (C=O) groups is 1. The van der Waals surface area contributed by atoms with Crippen molar-refractivity contribution in [2.75, 3.05) is 13.1 Å². The third-order valence-corrected chi connectivity index (χ3v) is 3.99. The van der Waals surface area contributed by atoms with Gasteiger partial charge in [0.25, 0.3) is 0 Å². The maximum Gasteiger partial charge on any atom is 0.219 e. The lowest BCUT2D eigenvalue weighted by molar-refractivity contribution is -0.127. The van der Waals surface area contributed by atoms with Crippen LogP contribution >= 0.6 is 0 Å². The van der Waals surface area contributed by atoms with Gasteiger partial charge in [0.05, 0.1) is 11.4 Å². The van der Waals surface area contributed by atoms with Crippen LogP contribution in [0.3, 0.4) is 0 Å². The first-order valence-electron chi connectivity index (χ1n) is 7.14. The fourth-order valence-corrected chi connectivity index (χ4v) is 2.84. The van der Waals surface area contributed by atoms with Crippen molar-refractivity contribution in [1.82, 2.24) is 24.6 Å². The molecule has 2 aromatic rings. The van der Waals surface area contributed by atoms with Crippen molar-refractivity contribution in [3.05, 3.63) is 29.8 Å². The fourth-order valence-electron chi connectivity index (χ4n) is 2.84. The Morgan fingerprint density at radius 1 is 1.38 bits per heavy atom. The Kier molecular flexibility index (Phi) is 3.45. The number of likely N-dealkylation sites (tertiary alicyclic amines) is 1. The van der Waals surface area contributed by atoms with Crippen LogP contribution in [0.1, 0.15) is 30.8 Å². The number of hydrogen-bond donors (Lipinski definition) is 0. The highest BCUT2D eigenvalue weighted by Crippen LogP contribution is 2.28. The van der Waals surface area contributed by atoms with Crippen LogP contribution in [0.4, 0.5) is 0 Å². The normalized spacial score (nSPS) is 18.2. The second-order valence-electron chi connectivity index (χ2n) is 5.52. The molecule has 1 atom stereocenters. The molecule has 1 unspecified atom stereocenters. The summed E-state index contributed by atoms with van der Waals surface area (Å²) in [5.41, 5.74) is 2.88. The molecule has 0 aromatic carbocycles. The van der Waals surface area contributed by atoms with Crippen molar-refractivity contribution in [3.63, 3.8) is 0 Å². The molecule has 1 aliphatic rings. The van der Waals surface area contributed by atoms with E-state index in [1.807, 2.05) is 35.7 Å². The largest absolute Gasteiger partial charge is 0.342 e. The van der Waals surface area contributed by atoms with Crippen LogP contribution in [0.15, 0.2) is 18.3 Å². The zero-order valence-corrected chi connectivity index (χ0v) is 12.6. The topological polar surface area (TPSA) is 63.9 Å². The predicted molar refractivity (Wildman–Crippen MR) is 78.6 cm³/mol. The van der Waals surface area contributed by atoms with Crippen molar-refractivity contribution < 1.29 is 4.79 Å². The molecular formula is C15H19N5O. The molecule has 1 fully saturated rings. The molecule has 3 rings (SSSR count). The number of rotatable bonds is 2. The van der Waals surface area contributed by atoms with Crippen molar-refractivity contribution in [1.29, 1.82) is 0 Å². The lowest BCUT2D eigenvalue weighted by Crippen LogP contribution is -2.25. The number of amides is 1. The molecule has 6 heteroatoms. The van der Waals surface area contributed by atoms with E-state index in [4.69, 9.17) is 0 Å². The highest BCUT2D eigenvalue weighted by atomic mass is 16.2. The third-order valence-electron chi connectivity index (χ3n) is 3.99. The molecule has 1 amide bonds. The van der Waals surface area contributed by atoms with E-state index < -0.39 is 0 Å². The summed E-state index contributed by atoms with van der Waals surface area (Å²) in [5.74, 6) is 1.18. The van der Waals surface area contributed by atoms with E-state index in [1.54, 1.807) is 13.1 Å². The van der Waals surface area contributed by atoms with E-state index in [0.29, 0.717) is 5.92 Å². The standard InChI is InChI=1S/C15H19N5O/c1-10-17-13(12-5-7-20(9-12)11(2)21)8-14(18-10)15-4-6-16-19(15)3/h4,6,8,12H,5,7,9H2,1-3H3. The van der Waals surface area contributed by atoms with Crippen LogP contribution in [0, 0.1) is 6.92 Å². The van der Waals surface area contributed by atoms with Crippen LogP contribution in [0.2, 0.25) is 0 Å². The summed E-state index contributed by atoms with van der Waals surface area (Å²) in [7, 11) is 1.90. The Bertz CT molecular complexity index is 678. The number of aromatic nitrogens is 4. The fraction of sp³-hybridized carbons (Fsp3) is 0.467. The molecule has 0 saturated carbocycles. The van der Waals surface area contributed by atoms with Crippen LogP contribution in [-0.2, 0) is 11.8 Å². The maximum atomic E-state index is 11.5. The van der Waals surface area contributed by atoms with E-state index in [0.717, 1.165) is 42.4 Å². The zero-order valence-electron chi connectivity index (χ0n) is 12.6. The molecule has 0 spiro atoms. The third kappa shape index (κ3) is 2.66. The lowest BCUT2D eigenvalue weighted by Gasteiger charge is -2.14. The van der Waals surface area contributed by atoms with Gasteiger partial charge in [-0.05, 0) is 25.5 Å². The SMILES string of the molecule is CC(=O)N1CCC(c2cc(-c3ccnn3C)nc(C)n2)C1. The summed E-state index contributed by atoms with van der Waals surface area (Å²) in [6.07, 6.45) is 2.72. The van der Waals surface area contributed by atoms with Crippen LogP contribution in [-0.4, -0.2) is 43.6 Å². The first-order valence-corrected chi connectivity index (χ1v) is 7.14. The van der Waals surface area contributed by atoms with Crippen molar-refractivity contribution in [2.24, 2.45) is 7.05 Å². The van der Waals surface area contributed by atoms with E-state index >= 15 is 0 Å². The van der Waals surface area contributed by atoms with Crippen LogP contribution < -0.4 is 0 Å². The molecule has 0 radical (unpaired) electrons. The van der Waals surface area contributed by atoms with Gasteiger partial charge in [-0.25, -0.2) is 9.97 Å². The van der Waals surface area contributed by atoms with E-state index in [-0.39, 0.29) is 5.91 Å². The lowest BCUT2D eigenvalue weighted by atomic mass is 10.0. The number of carbonyl (C=O) groups excluding carboxylic acids is 1. The summed E-state index contributed by atoms with van der Waals surface area (Å²) in [5, 5.41) is 4.19. The van der Waals surface area contributed by atoms with Gasteiger partial charge in [0.15, 0.2) is 0 Å². The van der Waals surface area contributed by atoms with Gasteiger partial charge in [-0.2, -0.15) is 5.10 Å². The quantitative estimate of drug-likeness (QED) is 0.839. The van der Waals surface area contributed by atoms with Gasteiger partial charge in [0.2, 0.25) is 5.91 Å². The summed E-state index contributed by atoms with van der Waals surface area (Å²) in [6, 6.07) is 3.97. The summed E-state index contributed by atoms with van der Waals surface area (Å²) < 4.78 is 1.81. The Balaban J connectivity index is 1.92. The summed E-state index contributed by atoms with van der Waals surface area (Å²) in [6.45, 7) is 5.08. The molecule has 3 heterocycles. The molecule has 1 saturated heterocycles. The molecule has 6 nitrogen and oxygen atoms in total. The minimum atomic E-state index is 0.134. The van der Waals surface area contributed by atoms with Gasteiger partial charge in [0, 0.05) is 44.9 Å². The second kappa shape index (κ2) is 5.27. The Morgan fingerprint density at radius 3 is 2.81 bits per heavy atom. The van der Waals surface area contributed by atoms with Crippen molar-refractivity contribution in [3.8, 4) is 11.4 Å². The molecular weight excluding hydrogens is 266 g/mol. The molecule has 1 aliphatic heterocycles. The minimum Gasteiger partial charge on any atom is -0.342 e. The first kappa shape index (κ1) is 13.7. The van der Waals surface area contributed by atoms with Crippen molar-refractivity contribution >= 4 is 5.91 Å². The molecule has 2 aromatic heterocycles. The van der Waals surface area contributed by atoms with Crippen LogP contribution in [0.5, 0.6) is 0 Å². The van der Waals surface area contributed by atoms with Gasteiger partial charge in [0.1, 0.15) is 5.82 Å². The first-order chi connectivity index (χ1) is 10.0. The van der Waals surface area contributed by atoms with Gasteiger partial charge in [-0.1, -0.05) is 0 Å². The number of nitrogens with zero attached hydrogens (tertiary/aromatic N) is 5. The van der Waals surface area contributed by atoms with Gasteiger partial charge in [-0.3, -0.25) is 9.48 Å². The van der Waals surface area contributed by atoms with Gasteiger partial charge >= 0.3 is 0 Å². The minimum absolute atomic E-state index is 0.134. The zero-order chi connectivity index (χ0) is 15.0. The smallest absolute Gasteiger partial charge is 0.219 e. The van der Waals surface area contributed by atoms with Gasteiger partial charge in [-0.15, -0.1) is 0 Å². The summed E-state index contributed by atoms with van der Waals surface area (Å²) >= 11 is 0. The second-order valence-corrected chi connectivity index (χ2v) is 5.52. The number of aryl methyl sites for hydroxylation is 2. The Morgan fingerprint density at radius 2 is 2.19 bits per heavy atom. The average molecular weight is 285 g/mol. The van der Waals surface area contributed by atoms with Gasteiger partial charge < -0.3 is 4.90 Å². The van der Waals surface area contributed by atoms with Crippen molar-refractivity contribution in [2.45, 2.75) is 26.2 Å². The monoisotopic (exact) mass is 285 g/mol. The molecule has 21 heavy (non-hydrogen) atoms. The van der Waals surface area contributed by atoms with E-state index in [2.05, 4.69) is 15.1 Å². The predicted octanol–water partition coefficient (Wildman–Crippen LogP) is 1.52. The average Bonchev–Trinajstić information content (AvgIpc) is 3.06. The highest BCUT2D eigenvalue weighted by Gasteiger charge is 2.27. The Labute approximate surface area is 123 Å². The maximum absolute atomic E-state index is 11.5. The van der Waals surface area contributed by atoms with Crippen LogP contribution in [0.25, 0.3) is 11.4 Å². The van der Waals surface area contributed by atoms with E-state index in [1.165, 1.54) is 0 Å². The molecule has 0 bridgehead atoms. The highest BCUT2D eigenvalue weighted by molar-refractivity contribution is 5.73. The molecule has 0 aliphatic carbocycles. The molecule has 110 valence electrons. The Hall–Kier alpha value is -2.24. The number of hydrogen-bond acceptors (Lipinski definition) is 4. The molecule has 0 N–H and O–H groups in total.